The number of methoxy groups -OCH3 is 1. The van der Waals surface area contributed by atoms with E-state index < -0.39 is 41.9 Å². The first kappa shape index (κ1) is 17.1. The molecule has 0 aliphatic carbocycles. The quantitative estimate of drug-likeness (QED) is 0.661. The lowest BCUT2D eigenvalue weighted by atomic mass is 10.1. The highest BCUT2D eigenvalue weighted by Gasteiger charge is 2.54. The third-order valence-corrected chi connectivity index (χ3v) is 4.75. The Labute approximate surface area is 149 Å². The van der Waals surface area contributed by atoms with Crippen LogP contribution in [-0.4, -0.2) is 61.7 Å². The number of anilines is 1. The zero-order valence-corrected chi connectivity index (χ0v) is 14.5. The van der Waals surface area contributed by atoms with Crippen molar-refractivity contribution in [3.05, 3.63) is 6.33 Å². The van der Waals surface area contributed by atoms with Crippen LogP contribution < -0.4 is 10.5 Å². The molecule has 0 spiro atoms. The van der Waals surface area contributed by atoms with Gasteiger partial charge in [0.05, 0.1) is 13.4 Å². The monoisotopic (exact) mass is 385 g/mol. The zero-order chi connectivity index (χ0) is 18.4. The van der Waals surface area contributed by atoms with Gasteiger partial charge in [-0.2, -0.15) is 14.2 Å². The zero-order valence-electron chi connectivity index (χ0n) is 13.7. The van der Waals surface area contributed by atoms with E-state index in [9.17, 15) is 9.00 Å². The molecule has 2 aromatic rings. The van der Waals surface area contributed by atoms with Crippen molar-refractivity contribution in [2.24, 2.45) is 0 Å². The normalized spacial score (nSPS) is 30.5. The topological polar surface area (TPSA) is 150 Å². The number of carbonyl (C=O) groups excluding carboxylic acids is 1. The van der Waals surface area contributed by atoms with E-state index in [-0.39, 0.29) is 18.4 Å². The van der Waals surface area contributed by atoms with Crippen molar-refractivity contribution in [1.82, 2.24) is 19.5 Å². The number of rotatable bonds is 4. The Hall–Kier alpha value is -2.35. The summed E-state index contributed by atoms with van der Waals surface area (Å²) in [4.78, 5) is 23.4. The summed E-state index contributed by atoms with van der Waals surface area (Å²) in [6, 6.07) is 0. The molecule has 4 rings (SSSR count). The second-order valence-corrected chi connectivity index (χ2v) is 6.40. The molecule has 2 aliphatic rings. The molecule has 2 aromatic heterocycles. The van der Waals surface area contributed by atoms with Gasteiger partial charge in [0.2, 0.25) is 11.8 Å². The van der Waals surface area contributed by atoms with Gasteiger partial charge in [-0.25, -0.2) is 4.98 Å². The maximum Gasteiger partial charge on any atom is 0.305 e. The van der Waals surface area contributed by atoms with Crippen molar-refractivity contribution in [3.8, 4) is 5.88 Å². The van der Waals surface area contributed by atoms with Gasteiger partial charge in [0.25, 0.3) is 0 Å². The molecule has 0 radical (unpaired) electrons. The highest BCUT2D eigenvalue weighted by Crippen LogP contribution is 2.40. The molecular weight excluding hydrogens is 370 g/mol. The molecule has 0 saturated carbocycles. The van der Waals surface area contributed by atoms with Crippen LogP contribution in [0.15, 0.2) is 6.33 Å². The molecule has 1 unspecified atom stereocenters. The van der Waals surface area contributed by atoms with Crippen LogP contribution in [-0.2, 0) is 34.0 Å². The molecule has 26 heavy (non-hydrogen) atoms. The maximum atomic E-state index is 11.7. The Morgan fingerprint density at radius 2 is 2.15 bits per heavy atom. The van der Waals surface area contributed by atoms with E-state index in [2.05, 4.69) is 15.0 Å². The van der Waals surface area contributed by atoms with Gasteiger partial charge in [0.15, 0.2) is 23.5 Å². The fraction of sp³-hybridized carbons (Fsp3) is 0.538. The summed E-state index contributed by atoms with van der Waals surface area (Å²) in [5.41, 5.74) is 6.45. The Morgan fingerprint density at radius 3 is 2.88 bits per heavy atom. The molecule has 4 heterocycles. The molecule has 0 aromatic carbocycles. The first-order valence-electron chi connectivity index (χ1n) is 7.57. The van der Waals surface area contributed by atoms with Crippen molar-refractivity contribution in [3.63, 3.8) is 0 Å². The summed E-state index contributed by atoms with van der Waals surface area (Å²) >= 11 is -1.93. The van der Waals surface area contributed by atoms with Gasteiger partial charge in [-0.1, -0.05) is 0 Å². The number of fused-ring (bicyclic) bond motifs is 2. The van der Waals surface area contributed by atoms with Gasteiger partial charge in [0, 0.05) is 6.92 Å². The number of esters is 1. The lowest BCUT2D eigenvalue weighted by Crippen LogP contribution is -2.32. The van der Waals surface area contributed by atoms with Crippen LogP contribution in [0.1, 0.15) is 13.2 Å². The van der Waals surface area contributed by atoms with E-state index in [1.54, 1.807) is 4.57 Å². The van der Waals surface area contributed by atoms with Crippen LogP contribution in [0.2, 0.25) is 0 Å². The Bertz CT molecular complexity index is 889. The van der Waals surface area contributed by atoms with Crippen LogP contribution >= 0.6 is 0 Å². The number of nitrogen functional groups attached to an aromatic ring is 1. The molecule has 5 atom stereocenters. The number of nitrogens with two attached hydrogens (primary N) is 1. The van der Waals surface area contributed by atoms with E-state index in [1.807, 2.05) is 0 Å². The Kier molecular flexibility index (Phi) is 4.22. The molecule has 140 valence electrons. The first-order chi connectivity index (χ1) is 12.5. The molecular formula is C13H15N5O7S. The lowest BCUT2D eigenvalue weighted by Gasteiger charge is -2.17. The predicted octanol–water partition coefficient (Wildman–Crippen LogP) is -0.760. The molecule has 12 nitrogen and oxygen atoms in total. The molecule has 0 amide bonds. The second-order valence-electron chi connectivity index (χ2n) is 5.61. The van der Waals surface area contributed by atoms with Crippen LogP contribution in [0.5, 0.6) is 5.88 Å². The lowest BCUT2D eigenvalue weighted by molar-refractivity contribution is -0.147. The van der Waals surface area contributed by atoms with Crippen LogP contribution in [0.25, 0.3) is 11.2 Å². The minimum atomic E-state index is -1.93. The molecule has 2 aliphatic heterocycles. The van der Waals surface area contributed by atoms with E-state index in [0.29, 0.717) is 11.2 Å². The largest absolute Gasteiger partial charge is 0.479 e. The average Bonchev–Trinajstić information content (AvgIpc) is 3.25. The predicted molar refractivity (Wildman–Crippen MR) is 84.7 cm³/mol. The second kappa shape index (κ2) is 6.42. The van der Waals surface area contributed by atoms with Crippen LogP contribution in [0, 0.1) is 0 Å². The van der Waals surface area contributed by atoms with Gasteiger partial charge in [-0.3, -0.25) is 17.7 Å². The summed E-state index contributed by atoms with van der Waals surface area (Å²) in [6.45, 7) is 1.21. The SMILES string of the molecule is COc1nc(N)nc2c1ncn2[C@@H]1O[C@H](COC(C)=O)[C@H]2OS(=O)O[C@H]21. The highest BCUT2D eigenvalue weighted by atomic mass is 32.2. The number of nitrogens with zero attached hydrogens (tertiary/aromatic N) is 4. The highest BCUT2D eigenvalue weighted by molar-refractivity contribution is 7.75. The maximum absolute atomic E-state index is 11.7. The Balaban J connectivity index is 1.71. The van der Waals surface area contributed by atoms with Gasteiger partial charge in [-0.15, -0.1) is 0 Å². The van der Waals surface area contributed by atoms with E-state index in [1.165, 1.54) is 20.4 Å². The van der Waals surface area contributed by atoms with Gasteiger partial charge >= 0.3 is 17.3 Å². The van der Waals surface area contributed by atoms with E-state index >= 15 is 0 Å². The van der Waals surface area contributed by atoms with Crippen molar-refractivity contribution < 1.29 is 31.6 Å². The molecule has 2 saturated heterocycles. The molecule has 0 bridgehead atoms. The number of carbonyl (C=O) groups is 1. The van der Waals surface area contributed by atoms with Crippen molar-refractivity contribution >= 4 is 34.4 Å². The fourth-order valence-corrected chi connectivity index (χ4v) is 3.77. The average molecular weight is 385 g/mol. The fourth-order valence-electron chi connectivity index (χ4n) is 2.92. The van der Waals surface area contributed by atoms with E-state index in [0.717, 1.165) is 0 Å². The van der Waals surface area contributed by atoms with Crippen molar-refractivity contribution in [2.45, 2.75) is 31.5 Å². The third-order valence-electron chi connectivity index (χ3n) is 3.99. The third kappa shape index (κ3) is 2.78. The number of ether oxygens (including phenoxy) is 3. The standard InChI is InChI=1S/C13H15N5O7S/c1-5(19)22-3-6-8-9(25-26(20)24-8)12(23-6)18-4-15-7-10(18)16-13(14)17-11(7)21-2/h4,6,8-9,12H,3H2,1-2H3,(H2,14,16,17)/t6-,8-,9-,12-,26?/m1/s1. The van der Waals surface area contributed by atoms with Gasteiger partial charge in [0.1, 0.15) is 18.8 Å². The molecule has 2 N–H and O–H groups in total. The summed E-state index contributed by atoms with van der Waals surface area (Å²) < 4.78 is 39.9. The van der Waals surface area contributed by atoms with Gasteiger partial charge in [-0.05, 0) is 0 Å². The number of imidazole rings is 1. The van der Waals surface area contributed by atoms with Crippen molar-refractivity contribution in [1.29, 1.82) is 0 Å². The van der Waals surface area contributed by atoms with E-state index in [4.69, 9.17) is 28.3 Å². The van der Waals surface area contributed by atoms with Crippen molar-refractivity contribution in [2.75, 3.05) is 19.5 Å². The Morgan fingerprint density at radius 1 is 1.38 bits per heavy atom. The van der Waals surface area contributed by atoms with Crippen LogP contribution in [0.3, 0.4) is 0 Å². The number of hydrogen-bond donors (Lipinski definition) is 1. The summed E-state index contributed by atoms with van der Waals surface area (Å²) in [5.74, 6) is -0.259. The summed E-state index contributed by atoms with van der Waals surface area (Å²) in [6.07, 6.45) is -1.37. The molecule has 2 fully saturated rings. The summed E-state index contributed by atoms with van der Waals surface area (Å²) in [5, 5.41) is 0. The summed E-state index contributed by atoms with van der Waals surface area (Å²) in [7, 11) is 1.44. The van der Waals surface area contributed by atoms with Crippen LogP contribution in [0.4, 0.5) is 5.95 Å². The number of aromatic nitrogens is 4. The smallest absolute Gasteiger partial charge is 0.305 e. The first-order valence-corrected chi connectivity index (χ1v) is 8.57. The van der Waals surface area contributed by atoms with Gasteiger partial charge < -0.3 is 19.9 Å². The minimum absolute atomic E-state index is 0.00530. The number of hydrogen-bond acceptors (Lipinski definition) is 11. The molecule has 13 heteroatoms. The minimum Gasteiger partial charge on any atom is -0.479 e.